The first-order chi connectivity index (χ1) is 12.6. The number of hydrazone groups is 1. The van der Waals surface area contributed by atoms with Gasteiger partial charge in [-0.1, -0.05) is 41.9 Å². The van der Waals surface area contributed by atoms with Crippen molar-refractivity contribution >= 4 is 23.8 Å². The monoisotopic (exact) mass is 370 g/mol. The van der Waals surface area contributed by atoms with E-state index in [1.807, 2.05) is 30.3 Å². The first-order valence-corrected chi connectivity index (χ1v) is 7.97. The van der Waals surface area contributed by atoms with Crippen LogP contribution in [-0.4, -0.2) is 28.4 Å². The fourth-order valence-corrected chi connectivity index (χ4v) is 2.48. The van der Waals surface area contributed by atoms with Crippen molar-refractivity contribution in [3.05, 3.63) is 69.5 Å². The largest absolute Gasteiger partial charge is 0.503 e. The zero-order valence-electron chi connectivity index (χ0n) is 13.7. The van der Waals surface area contributed by atoms with E-state index < -0.39 is 0 Å². The lowest BCUT2D eigenvalue weighted by Crippen LogP contribution is -2.10. The maximum Gasteiger partial charge on any atom is 0.252 e. The number of nitrogens with one attached hydrogen (secondary N) is 2. The molecule has 0 bridgehead atoms. The number of aromatic amines is 1. The summed E-state index contributed by atoms with van der Waals surface area (Å²) < 4.78 is 5.04. The van der Waals surface area contributed by atoms with Crippen LogP contribution in [0.1, 0.15) is 5.56 Å². The molecule has 0 aliphatic carbocycles. The van der Waals surface area contributed by atoms with Crippen LogP contribution >= 0.6 is 11.6 Å². The summed E-state index contributed by atoms with van der Waals surface area (Å²) in [5.74, 6) is 0.293. The second kappa shape index (κ2) is 7.71. The SMILES string of the molecule is COc1cc(/C=N\Nc2nc(-c3ccccc3)cc(=O)[nH]2)cc(Cl)c1O. The van der Waals surface area contributed by atoms with Crippen LogP contribution in [0.4, 0.5) is 5.95 Å². The Morgan fingerprint density at radius 3 is 2.77 bits per heavy atom. The lowest BCUT2D eigenvalue weighted by atomic mass is 10.1. The van der Waals surface area contributed by atoms with Gasteiger partial charge in [-0.15, -0.1) is 0 Å². The third kappa shape index (κ3) is 4.01. The predicted molar refractivity (Wildman–Crippen MR) is 101 cm³/mol. The van der Waals surface area contributed by atoms with Gasteiger partial charge in [0.2, 0.25) is 5.95 Å². The molecule has 0 aliphatic rings. The van der Waals surface area contributed by atoms with E-state index in [1.54, 1.807) is 6.07 Å². The standard InChI is InChI=1S/C18H15ClN4O3/c1-26-15-8-11(7-13(19)17(15)25)10-20-23-18-21-14(9-16(24)22-18)12-5-3-2-4-6-12/h2-10,25H,1H3,(H2,21,22,23,24)/b20-10-. The zero-order valence-corrected chi connectivity index (χ0v) is 14.5. The fourth-order valence-electron chi connectivity index (χ4n) is 2.26. The van der Waals surface area contributed by atoms with E-state index in [0.29, 0.717) is 11.3 Å². The highest BCUT2D eigenvalue weighted by atomic mass is 35.5. The number of aromatic hydroxyl groups is 1. The van der Waals surface area contributed by atoms with Crippen LogP contribution in [0.3, 0.4) is 0 Å². The van der Waals surface area contributed by atoms with Gasteiger partial charge in [-0.25, -0.2) is 10.4 Å². The summed E-state index contributed by atoms with van der Waals surface area (Å²) in [5, 5.41) is 13.9. The summed E-state index contributed by atoms with van der Waals surface area (Å²) in [6.07, 6.45) is 1.46. The molecule has 132 valence electrons. The first-order valence-electron chi connectivity index (χ1n) is 7.59. The maximum absolute atomic E-state index is 11.8. The topological polar surface area (TPSA) is 99.6 Å². The Morgan fingerprint density at radius 1 is 1.27 bits per heavy atom. The smallest absolute Gasteiger partial charge is 0.252 e. The normalized spacial score (nSPS) is 10.8. The summed E-state index contributed by atoms with van der Waals surface area (Å²) in [6, 6.07) is 13.9. The number of benzene rings is 2. The van der Waals surface area contributed by atoms with Crippen LogP contribution in [0.25, 0.3) is 11.3 Å². The maximum atomic E-state index is 11.8. The van der Waals surface area contributed by atoms with Crippen molar-refractivity contribution in [3.63, 3.8) is 0 Å². The molecule has 0 atom stereocenters. The predicted octanol–water partition coefficient (Wildman–Crippen LogP) is 3.25. The van der Waals surface area contributed by atoms with Crippen LogP contribution in [-0.2, 0) is 0 Å². The Morgan fingerprint density at radius 2 is 2.04 bits per heavy atom. The molecule has 7 nitrogen and oxygen atoms in total. The molecule has 0 amide bonds. The summed E-state index contributed by atoms with van der Waals surface area (Å²) >= 11 is 5.93. The minimum Gasteiger partial charge on any atom is -0.503 e. The Balaban J connectivity index is 1.82. The highest BCUT2D eigenvalue weighted by Crippen LogP contribution is 2.34. The molecule has 3 rings (SSSR count). The third-order valence-electron chi connectivity index (χ3n) is 3.47. The van der Waals surface area contributed by atoms with Crippen LogP contribution < -0.4 is 15.7 Å². The Bertz CT molecular complexity index is 1000. The van der Waals surface area contributed by atoms with Crippen molar-refractivity contribution in [1.29, 1.82) is 0 Å². The average molecular weight is 371 g/mol. The Kier molecular flexibility index (Phi) is 5.19. The summed E-state index contributed by atoms with van der Waals surface area (Å²) in [6.45, 7) is 0. The quantitative estimate of drug-likeness (QED) is 0.473. The summed E-state index contributed by atoms with van der Waals surface area (Å²) in [4.78, 5) is 18.7. The van der Waals surface area contributed by atoms with Gasteiger partial charge >= 0.3 is 0 Å². The van der Waals surface area contributed by atoms with E-state index in [0.717, 1.165) is 5.56 Å². The Labute approximate surface area is 154 Å². The number of H-pyrrole nitrogens is 1. The van der Waals surface area contributed by atoms with Gasteiger partial charge in [0, 0.05) is 11.6 Å². The molecule has 0 radical (unpaired) electrons. The number of ether oxygens (including phenoxy) is 1. The van der Waals surface area contributed by atoms with E-state index in [4.69, 9.17) is 16.3 Å². The minimum atomic E-state index is -0.300. The van der Waals surface area contributed by atoms with Gasteiger partial charge in [0.15, 0.2) is 11.5 Å². The zero-order chi connectivity index (χ0) is 18.5. The lowest BCUT2D eigenvalue weighted by Gasteiger charge is -2.06. The van der Waals surface area contributed by atoms with Crippen LogP contribution in [0.15, 0.2) is 58.4 Å². The van der Waals surface area contributed by atoms with Crippen molar-refractivity contribution in [2.24, 2.45) is 5.10 Å². The molecule has 0 fully saturated rings. The number of rotatable bonds is 5. The van der Waals surface area contributed by atoms with Gasteiger partial charge in [-0.2, -0.15) is 5.10 Å². The van der Waals surface area contributed by atoms with Gasteiger partial charge in [0.25, 0.3) is 5.56 Å². The number of methoxy groups -OCH3 is 1. The van der Waals surface area contributed by atoms with E-state index >= 15 is 0 Å². The Hall–Kier alpha value is -3.32. The molecule has 0 saturated carbocycles. The second-order valence-corrected chi connectivity index (χ2v) is 5.68. The average Bonchev–Trinajstić information content (AvgIpc) is 2.64. The summed E-state index contributed by atoms with van der Waals surface area (Å²) in [5.41, 5.74) is 4.32. The molecule has 1 aromatic heterocycles. The van der Waals surface area contributed by atoms with Gasteiger partial charge in [0.1, 0.15) is 0 Å². The van der Waals surface area contributed by atoms with Crippen molar-refractivity contribution in [2.75, 3.05) is 12.5 Å². The number of nitrogens with zero attached hydrogens (tertiary/aromatic N) is 2. The highest BCUT2D eigenvalue weighted by molar-refractivity contribution is 6.32. The van der Waals surface area contributed by atoms with Gasteiger partial charge in [-0.05, 0) is 17.7 Å². The van der Waals surface area contributed by atoms with Gasteiger partial charge in [0.05, 0.1) is 24.0 Å². The van der Waals surface area contributed by atoms with Crippen molar-refractivity contribution < 1.29 is 9.84 Å². The number of hydrogen-bond acceptors (Lipinski definition) is 6. The number of halogens is 1. The molecule has 0 spiro atoms. The van der Waals surface area contributed by atoms with Crippen molar-refractivity contribution in [1.82, 2.24) is 9.97 Å². The molecule has 3 aromatic rings. The highest BCUT2D eigenvalue weighted by Gasteiger charge is 2.08. The van der Waals surface area contributed by atoms with Crippen LogP contribution in [0, 0.1) is 0 Å². The van der Waals surface area contributed by atoms with Gasteiger partial charge in [-0.3, -0.25) is 9.78 Å². The summed E-state index contributed by atoms with van der Waals surface area (Å²) in [7, 11) is 1.42. The molecule has 0 unspecified atom stereocenters. The molecular weight excluding hydrogens is 356 g/mol. The number of phenolic OH excluding ortho intramolecular Hbond substituents is 1. The number of phenols is 1. The van der Waals surface area contributed by atoms with Crippen LogP contribution in [0.2, 0.25) is 5.02 Å². The first kappa shape index (κ1) is 17.5. The van der Waals surface area contributed by atoms with Crippen molar-refractivity contribution in [3.8, 4) is 22.8 Å². The molecule has 8 heteroatoms. The van der Waals surface area contributed by atoms with Crippen molar-refractivity contribution in [2.45, 2.75) is 0 Å². The van der Waals surface area contributed by atoms with E-state index in [9.17, 15) is 9.90 Å². The molecule has 1 heterocycles. The van der Waals surface area contributed by atoms with E-state index in [1.165, 1.54) is 25.5 Å². The third-order valence-corrected chi connectivity index (χ3v) is 3.75. The minimum absolute atomic E-state index is 0.138. The molecule has 0 saturated heterocycles. The fraction of sp³-hybridized carbons (Fsp3) is 0.0556. The van der Waals surface area contributed by atoms with E-state index in [-0.39, 0.29) is 28.0 Å². The number of aromatic nitrogens is 2. The second-order valence-electron chi connectivity index (χ2n) is 5.27. The molecular formula is C18H15ClN4O3. The van der Waals surface area contributed by atoms with Crippen LogP contribution in [0.5, 0.6) is 11.5 Å². The lowest BCUT2D eigenvalue weighted by molar-refractivity contribution is 0.373. The van der Waals surface area contributed by atoms with E-state index in [2.05, 4.69) is 20.5 Å². The molecule has 26 heavy (non-hydrogen) atoms. The molecule has 0 aliphatic heterocycles. The number of hydrogen-bond donors (Lipinski definition) is 3. The molecule has 2 aromatic carbocycles. The van der Waals surface area contributed by atoms with Gasteiger partial charge < -0.3 is 9.84 Å². The number of anilines is 1. The molecule has 3 N–H and O–H groups in total.